The quantitative estimate of drug-likeness (QED) is 0.569. The molecule has 0 N–H and O–H groups in total. The van der Waals surface area contributed by atoms with Crippen molar-refractivity contribution in [3.8, 4) is 6.07 Å². The molecule has 6 heteroatoms. The predicted molar refractivity (Wildman–Crippen MR) is 102 cm³/mol. The second-order valence-electron chi connectivity index (χ2n) is 6.47. The maximum Gasteiger partial charge on any atom is 0.157 e. The van der Waals surface area contributed by atoms with E-state index >= 15 is 0 Å². The van der Waals surface area contributed by atoms with Gasteiger partial charge >= 0.3 is 0 Å². The summed E-state index contributed by atoms with van der Waals surface area (Å²) in [7, 11) is 1.92. The summed E-state index contributed by atoms with van der Waals surface area (Å²) in [4.78, 5) is 7.02. The van der Waals surface area contributed by atoms with Crippen LogP contribution in [0.25, 0.3) is 16.7 Å². The van der Waals surface area contributed by atoms with Gasteiger partial charge in [0.2, 0.25) is 0 Å². The summed E-state index contributed by atoms with van der Waals surface area (Å²) in [6.45, 7) is 5.69. The fourth-order valence-corrected chi connectivity index (χ4v) is 3.43. The molecule has 0 spiro atoms. The molecule has 0 amide bonds. The van der Waals surface area contributed by atoms with Gasteiger partial charge in [-0.3, -0.25) is 9.08 Å². The first-order valence-electron chi connectivity index (χ1n) is 8.65. The van der Waals surface area contributed by atoms with Crippen LogP contribution in [0.5, 0.6) is 0 Å². The summed E-state index contributed by atoms with van der Waals surface area (Å²) in [5.74, 6) is 1.04. The number of anilines is 1. The average Bonchev–Trinajstić information content (AvgIpc) is 3.22. The molecule has 0 unspecified atom stereocenters. The largest absolute Gasteiger partial charge is 0.354 e. The maximum atomic E-state index is 9.64. The van der Waals surface area contributed by atoms with Gasteiger partial charge in [-0.1, -0.05) is 12.1 Å². The number of nitrogens with zero attached hydrogens (tertiary/aromatic N) is 6. The van der Waals surface area contributed by atoms with Gasteiger partial charge in [0.15, 0.2) is 5.65 Å². The number of aromatic nitrogens is 4. The minimum atomic E-state index is 0.627. The van der Waals surface area contributed by atoms with Crippen LogP contribution in [0, 0.1) is 18.3 Å². The first-order chi connectivity index (χ1) is 12.6. The monoisotopic (exact) mass is 344 g/mol. The summed E-state index contributed by atoms with van der Waals surface area (Å²) < 4.78 is 3.91. The number of benzene rings is 1. The summed E-state index contributed by atoms with van der Waals surface area (Å²) in [6, 6.07) is 12.4. The van der Waals surface area contributed by atoms with Gasteiger partial charge in [-0.15, -0.1) is 0 Å². The van der Waals surface area contributed by atoms with Crippen LogP contribution < -0.4 is 4.90 Å². The van der Waals surface area contributed by atoms with Crippen LogP contribution in [0.1, 0.15) is 23.6 Å². The Morgan fingerprint density at radius 3 is 2.77 bits per heavy atom. The second-order valence-corrected chi connectivity index (χ2v) is 6.47. The molecular formula is C20H20N6. The van der Waals surface area contributed by atoms with E-state index in [1.165, 1.54) is 0 Å². The van der Waals surface area contributed by atoms with Crippen LogP contribution in [0.2, 0.25) is 0 Å². The molecule has 4 aromatic rings. The highest BCUT2D eigenvalue weighted by atomic mass is 15.3. The zero-order chi connectivity index (χ0) is 18.3. The highest BCUT2D eigenvalue weighted by molar-refractivity contribution is 5.85. The number of rotatable bonds is 4. The van der Waals surface area contributed by atoms with Crippen molar-refractivity contribution in [3.63, 3.8) is 0 Å². The maximum absolute atomic E-state index is 9.64. The molecule has 0 bridgehead atoms. The van der Waals surface area contributed by atoms with Crippen molar-refractivity contribution in [2.75, 3.05) is 11.4 Å². The van der Waals surface area contributed by atoms with E-state index in [-0.39, 0.29) is 0 Å². The number of fused-ring (bicyclic) bond motifs is 3. The summed E-state index contributed by atoms with van der Waals surface area (Å²) in [5, 5.41) is 13.9. The molecule has 0 saturated carbocycles. The SMILES string of the molecule is CCN(Cc1cnn(C)c1)c1cc(C)c(C#N)c2nc3ccccc3n12. The van der Waals surface area contributed by atoms with E-state index in [1.807, 2.05) is 55.3 Å². The lowest BCUT2D eigenvalue weighted by Crippen LogP contribution is -2.24. The number of pyridine rings is 1. The number of imidazole rings is 1. The fourth-order valence-electron chi connectivity index (χ4n) is 3.43. The lowest BCUT2D eigenvalue weighted by Gasteiger charge is -2.25. The highest BCUT2D eigenvalue weighted by Gasteiger charge is 2.18. The number of para-hydroxylation sites is 2. The number of nitriles is 1. The molecule has 0 radical (unpaired) electrons. The molecule has 3 heterocycles. The van der Waals surface area contributed by atoms with E-state index in [9.17, 15) is 5.26 Å². The molecule has 3 aromatic heterocycles. The minimum Gasteiger partial charge on any atom is -0.354 e. The van der Waals surface area contributed by atoms with E-state index in [2.05, 4.69) is 33.5 Å². The number of hydrogen-bond acceptors (Lipinski definition) is 4. The Hall–Kier alpha value is -3.33. The van der Waals surface area contributed by atoms with Crippen molar-refractivity contribution in [1.82, 2.24) is 19.2 Å². The van der Waals surface area contributed by atoms with E-state index in [1.54, 1.807) is 0 Å². The Morgan fingerprint density at radius 1 is 1.27 bits per heavy atom. The van der Waals surface area contributed by atoms with Gasteiger partial charge in [0.1, 0.15) is 11.9 Å². The molecule has 6 nitrogen and oxygen atoms in total. The number of hydrogen-bond donors (Lipinski definition) is 0. The van der Waals surface area contributed by atoms with Crippen molar-refractivity contribution in [2.45, 2.75) is 20.4 Å². The highest BCUT2D eigenvalue weighted by Crippen LogP contribution is 2.29. The molecule has 26 heavy (non-hydrogen) atoms. The summed E-state index contributed by atoms with van der Waals surface area (Å²) in [6.07, 6.45) is 3.92. The minimum absolute atomic E-state index is 0.627. The molecule has 0 aliphatic carbocycles. The van der Waals surface area contributed by atoms with Crippen LogP contribution in [-0.2, 0) is 13.6 Å². The van der Waals surface area contributed by atoms with Crippen molar-refractivity contribution in [2.24, 2.45) is 7.05 Å². The van der Waals surface area contributed by atoms with Gasteiger partial charge < -0.3 is 4.90 Å². The van der Waals surface area contributed by atoms with Crippen LogP contribution >= 0.6 is 0 Å². The van der Waals surface area contributed by atoms with Crippen LogP contribution in [0.15, 0.2) is 42.7 Å². The molecule has 1 aromatic carbocycles. The van der Waals surface area contributed by atoms with Crippen LogP contribution in [0.3, 0.4) is 0 Å². The second kappa shape index (κ2) is 6.19. The Morgan fingerprint density at radius 2 is 2.08 bits per heavy atom. The van der Waals surface area contributed by atoms with E-state index < -0.39 is 0 Å². The van der Waals surface area contributed by atoms with E-state index in [0.29, 0.717) is 11.2 Å². The van der Waals surface area contributed by atoms with Crippen molar-refractivity contribution >= 4 is 22.5 Å². The first kappa shape index (κ1) is 16.2. The van der Waals surface area contributed by atoms with E-state index in [4.69, 9.17) is 4.98 Å². The lowest BCUT2D eigenvalue weighted by molar-refractivity contribution is 0.764. The van der Waals surface area contributed by atoms with Crippen LogP contribution in [-0.4, -0.2) is 25.7 Å². The Balaban J connectivity index is 1.97. The van der Waals surface area contributed by atoms with E-state index in [0.717, 1.165) is 41.1 Å². The Bertz CT molecular complexity index is 1140. The zero-order valence-electron chi connectivity index (χ0n) is 15.1. The Kier molecular flexibility index (Phi) is 3.85. The van der Waals surface area contributed by atoms with Crippen molar-refractivity contribution in [1.29, 1.82) is 5.26 Å². The zero-order valence-corrected chi connectivity index (χ0v) is 15.1. The smallest absolute Gasteiger partial charge is 0.157 e. The molecule has 130 valence electrons. The Labute approximate surface area is 151 Å². The third kappa shape index (κ3) is 2.49. The molecule has 0 aliphatic rings. The van der Waals surface area contributed by atoms with Crippen molar-refractivity contribution < 1.29 is 0 Å². The lowest BCUT2D eigenvalue weighted by atomic mass is 10.1. The molecule has 0 atom stereocenters. The molecule has 0 saturated heterocycles. The third-order valence-corrected chi connectivity index (χ3v) is 4.70. The fraction of sp³-hybridized carbons (Fsp3) is 0.250. The number of aryl methyl sites for hydroxylation is 2. The topological polar surface area (TPSA) is 62.2 Å². The van der Waals surface area contributed by atoms with Gasteiger partial charge in [0, 0.05) is 31.9 Å². The van der Waals surface area contributed by atoms with Gasteiger partial charge in [-0.25, -0.2) is 4.98 Å². The first-order valence-corrected chi connectivity index (χ1v) is 8.65. The summed E-state index contributed by atoms with van der Waals surface area (Å²) in [5.41, 5.74) is 5.34. The third-order valence-electron chi connectivity index (χ3n) is 4.70. The van der Waals surface area contributed by atoms with Gasteiger partial charge in [-0.05, 0) is 37.6 Å². The van der Waals surface area contributed by atoms with Crippen molar-refractivity contribution in [3.05, 3.63) is 59.4 Å². The molecule has 4 rings (SSSR count). The van der Waals surface area contributed by atoms with Gasteiger partial charge in [-0.2, -0.15) is 10.4 Å². The average molecular weight is 344 g/mol. The molecular weight excluding hydrogens is 324 g/mol. The predicted octanol–water partition coefficient (Wildman–Crippen LogP) is 3.43. The molecule has 0 fully saturated rings. The normalized spacial score (nSPS) is 11.2. The van der Waals surface area contributed by atoms with Gasteiger partial charge in [0.25, 0.3) is 0 Å². The summed E-state index contributed by atoms with van der Waals surface area (Å²) >= 11 is 0. The standard InChI is InChI=1S/C20H20N6/c1-4-25(13-15-11-22-24(3)12-15)19-9-14(2)16(10-21)20-23-17-7-5-6-8-18(17)26(19)20/h5-9,11-12H,4,13H2,1-3H3. The molecule has 0 aliphatic heterocycles. The van der Waals surface area contributed by atoms with Gasteiger partial charge in [0.05, 0.1) is 22.8 Å². The van der Waals surface area contributed by atoms with Crippen LogP contribution in [0.4, 0.5) is 5.82 Å².